The summed E-state index contributed by atoms with van der Waals surface area (Å²) in [5.74, 6) is -0.356. The van der Waals surface area contributed by atoms with Crippen molar-refractivity contribution in [2.45, 2.75) is 129 Å². The molecule has 0 radical (unpaired) electrons. The lowest BCUT2D eigenvalue weighted by Crippen LogP contribution is -2.46. The molecule has 172 valence electrons. The van der Waals surface area contributed by atoms with E-state index in [-0.39, 0.29) is 11.9 Å². The smallest absolute Gasteiger partial charge is 0.328 e. The van der Waals surface area contributed by atoms with Gasteiger partial charge in [-0.3, -0.25) is 5.41 Å². The number of ether oxygens (including phenoxy) is 1. The quantitative estimate of drug-likeness (QED) is 0.105. The minimum Gasteiger partial charge on any atom is -0.464 e. The first kappa shape index (κ1) is 27.7. The van der Waals surface area contributed by atoms with Crippen LogP contribution in [0.15, 0.2) is 0 Å². The summed E-state index contributed by atoms with van der Waals surface area (Å²) >= 11 is 0. The van der Waals surface area contributed by atoms with Crippen molar-refractivity contribution in [2.24, 2.45) is 5.73 Å². The van der Waals surface area contributed by atoms with Crippen LogP contribution in [0.3, 0.4) is 0 Å². The Labute approximate surface area is 180 Å². The molecule has 0 amide bonds. The van der Waals surface area contributed by atoms with Crippen LogP contribution in [0.25, 0.3) is 0 Å². The molecule has 0 rings (SSSR count). The molecule has 1 atom stereocenters. The average molecular weight is 412 g/mol. The van der Waals surface area contributed by atoms with Crippen LogP contribution in [0, 0.1) is 5.41 Å². The monoisotopic (exact) mass is 411 g/mol. The number of nitrogens with two attached hydrogens (primary N) is 1. The molecule has 0 aliphatic heterocycles. The van der Waals surface area contributed by atoms with Crippen molar-refractivity contribution >= 4 is 11.9 Å². The zero-order valence-corrected chi connectivity index (χ0v) is 19.6. The first-order chi connectivity index (χ1) is 14.0. The van der Waals surface area contributed by atoms with Crippen LogP contribution in [0.4, 0.5) is 0 Å². The fraction of sp³-hybridized carbons (Fsp3) is 0.917. The largest absolute Gasteiger partial charge is 0.464 e. The Morgan fingerprint density at radius 1 is 0.793 bits per heavy atom. The molecule has 29 heavy (non-hydrogen) atoms. The predicted octanol–water partition coefficient (Wildman–Crippen LogP) is 6.39. The summed E-state index contributed by atoms with van der Waals surface area (Å²) in [5.41, 5.74) is 5.53. The Morgan fingerprint density at radius 2 is 1.17 bits per heavy atom. The van der Waals surface area contributed by atoms with Gasteiger partial charge in [0.05, 0.1) is 6.61 Å². The Kier molecular flexibility index (Phi) is 19.2. The maximum Gasteiger partial charge on any atom is 0.328 e. The number of hydrogen-bond acceptors (Lipinski definition) is 3. The number of nitrogens with one attached hydrogen (secondary N) is 1. The summed E-state index contributed by atoms with van der Waals surface area (Å²) in [6, 6.07) is -0.431. The highest BCUT2D eigenvalue weighted by molar-refractivity contribution is 5.83. The Balaban J connectivity index is 3.54. The van der Waals surface area contributed by atoms with Crippen molar-refractivity contribution in [3.8, 4) is 0 Å². The average Bonchev–Trinajstić information content (AvgIpc) is 2.70. The van der Waals surface area contributed by atoms with Crippen LogP contribution in [0.5, 0.6) is 0 Å². The molecule has 1 unspecified atom stereocenters. The lowest BCUT2D eigenvalue weighted by atomic mass is 10.0. The van der Waals surface area contributed by atoms with E-state index in [9.17, 15) is 4.79 Å². The maximum absolute atomic E-state index is 12.1. The second kappa shape index (κ2) is 20.0. The normalized spacial score (nSPS) is 12.0. The van der Waals surface area contributed by atoms with Gasteiger partial charge in [0.2, 0.25) is 0 Å². The summed E-state index contributed by atoms with van der Waals surface area (Å²) in [6.07, 6.45) is 22.0. The van der Waals surface area contributed by atoms with E-state index < -0.39 is 6.04 Å². The molecule has 0 aliphatic rings. The van der Waals surface area contributed by atoms with Gasteiger partial charge in [0.1, 0.15) is 6.04 Å². The van der Waals surface area contributed by atoms with Gasteiger partial charge in [-0.25, -0.2) is 4.79 Å². The molecule has 5 nitrogen and oxygen atoms in total. The predicted molar refractivity (Wildman–Crippen MR) is 124 cm³/mol. The SMILES string of the molecule is CCCCCCCCCCCCCCCCCCC(C(=O)OCC)N(C)C(=N)N. The van der Waals surface area contributed by atoms with Crippen molar-refractivity contribution < 1.29 is 9.53 Å². The van der Waals surface area contributed by atoms with E-state index in [4.69, 9.17) is 15.9 Å². The van der Waals surface area contributed by atoms with E-state index in [1.807, 2.05) is 0 Å². The Morgan fingerprint density at radius 3 is 1.52 bits per heavy atom. The molecule has 5 heteroatoms. The van der Waals surface area contributed by atoms with E-state index in [0.717, 1.165) is 12.8 Å². The zero-order chi connectivity index (χ0) is 21.7. The van der Waals surface area contributed by atoms with Crippen LogP contribution in [-0.4, -0.2) is 36.5 Å². The van der Waals surface area contributed by atoms with Crippen molar-refractivity contribution in [2.75, 3.05) is 13.7 Å². The summed E-state index contributed by atoms with van der Waals surface area (Å²) in [5, 5.41) is 7.55. The molecular weight excluding hydrogens is 362 g/mol. The highest BCUT2D eigenvalue weighted by Crippen LogP contribution is 2.15. The Hall–Kier alpha value is -1.26. The number of unbranched alkanes of at least 4 members (excludes halogenated alkanes) is 15. The third-order valence-corrected chi connectivity index (χ3v) is 5.74. The fourth-order valence-electron chi connectivity index (χ4n) is 3.76. The highest BCUT2D eigenvalue weighted by Gasteiger charge is 2.24. The molecule has 0 aromatic carbocycles. The van der Waals surface area contributed by atoms with Gasteiger partial charge in [0.25, 0.3) is 0 Å². The van der Waals surface area contributed by atoms with E-state index >= 15 is 0 Å². The number of hydrogen-bond donors (Lipinski definition) is 2. The standard InChI is InChI=1S/C24H49N3O2/c1-4-6-7-8-9-10-11-12-13-14-15-16-17-18-19-20-21-22(23(28)29-5-2)27(3)24(25)26/h22H,4-21H2,1-3H3,(H3,25,26). The molecule has 0 heterocycles. The summed E-state index contributed by atoms with van der Waals surface area (Å²) in [4.78, 5) is 13.6. The second-order valence-electron chi connectivity index (χ2n) is 8.36. The minimum absolute atomic E-state index is 0.0838. The molecule has 0 spiro atoms. The number of likely N-dealkylation sites (N-methyl/N-ethyl adjacent to an activating group) is 1. The first-order valence-corrected chi connectivity index (χ1v) is 12.3. The molecular formula is C24H49N3O2. The third kappa shape index (κ3) is 16.2. The molecule has 0 saturated heterocycles. The summed E-state index contributed by atoms with van der Waals surface area (Å²) in [7, 11) is 1.69. The van der Waals surface area contributed by atoms with Crippen LogP contribution in [0.1, 0.15) is 123 Å². The topological polar surface area (TPSA) is 79.4 Å². The molecule has 0 saturated carbocycles. The molecule has 0 fully saturated rings. The van der Waals surface area contributed by atoms with Gasteiger partial charge in [-0.2, -0.15) is 0 Å². The van der Waals surface area contributed by atoms with Gasteiger partial charge >= 0.3 is 5.97 Å². The van der Waals surface area contributed by atoms with E-state index in [1.165, 1.54) is 94.8 Å². The van der Waals surface area contributed by atoms with Crippen molar-refractivity contribution in [3.63, 3.8) is 0 Å². The van der Waals surface area contributed by atoms with Gasteiger partial charge in [-0.15, -0.1) is 0 Å². The van der Waals surface area contributed by atoms with Crippen LogP contribution >= 0.6 is 0 Å². The lowest BCUT2D eigenvalue weighted by Gasteiger charge is -2.26. The van der Waals surface area contributed by atoms with Crippen LogP contribution in [-0.2, 0) is 9.53 Å². The number of carbonyl (C=O) groups excluding carboxylic acids is 1. The molecule has 0 bridgehead atoms. The van der Waals surface area contributed by atoms with Crippen molar-refractivity contribution in [3.05, 3.63) is 0 Å². The third-order valence-electron chi connectivity index (χ3n) is 5.74. The van der Waals surface area contributed by atoms with Gasteiger partial charge in [0, 0.05) is 7.05 Å². The second-order valence-corrected chi connectivity index (χ2v) is 8.36. The van der Waals surface area contributed by atoms with Crippen molar-refractivity contribution in [1.29, 1.82) is 5.41 Å². The minimum atomic E-state index is -0.431. The molecule has 0 aromatic rings. The number of rotatable bonds is 20. The van der Waals surface area contributed by atoms with Crippen molar-refractivity contribution in [1.82, 2.24) is 4.90 Å². The maximum atomic E-state index is 12.1. The van der Waals surface area contributed by atoms with Gasteiger partial charge in [0.15, 0.2) is 5.96 Å². The number of esters is 1. The summed E-state index contributed by atoms with van der Waals surface area (Å²) < 4.78 is 5.12. The number of guanidine groups is 1. The molecule has 3 N–H and O–H groups in total. The van der Waals surface area contributed by atoms with Crippen LogP contribution < -0.4 is 5.73 Å². The van der Waals surface area contributed by atoms with E-state index in [1.54, 1.807) is 14.0 Å². The molecule has 0 aromatic heterocycles. The van der Waals surface area contributed by atoms with E-state index in [2.05, 4.69) is 6.92 Å². The van der Waals surface area contributed by atoms with Gasteiger partial charge < -0.3 is 15.4 Å². The first-order valence-electron chi connectivity index (χ1n) is 12.3. The number of nitrogens with zero attached hydrogens (tertiary/aromatic N) is 1. The zero-order valence-electron chi connectivity index (χ0n) is 19.6. The highest BCUT2D eigenvalue weighted by atomic mass is 16.5. The van der Waals surface area contributed by atoms with Crippen LogP contribution in [0.2, 0.25) is 0 Å². The summed E-state index contributed by atoms with van der Waals surface area (Å²) in [6.45, 7) is 4.44. The van der Waals surface area contributed by atoms with Gasteiger partial charge in [-0.1, -0.05) is 110 Å². The van der Waals surface area contributed by atoms with E-state index in [0.29, 0.717) is 13.0 Å². The Bertz CT molecular complexity index is 402. The number of carbonyl (C=O) groups is 1. The molecule has 0 aliphatic carbocycles. The van der Waals surface area contributed by atoms with Gasteiger partial charge in [-0.05, 0) is 13.3 Å². The lowest BCUT2D eigenvalue weighted by molar-refractivity contribution is -0.148. The fourth-order valence-corrected chi connectivity index (χ4v) is 3.76.